The average Bonchev–Trinajstić information content (AvgIpc) is 2.00. The third-order valence-corrected chi connectivity index (χ3v) is 2.03. The maximum atomic E-state index is 13.1. The van der Waals surface area contributed by atoms with E-state index in [2.05, 4.69) is 0 Å². The molecule has 0 atom stereocenters. The summed E-state index contributed by atoms with van der Waals surface area (Å²) < 4.78 is 13.1. The molecular weight excluding hydrogens is 201 g/mol. The van der Waals surface area contributed by atoms with E-state index in [0.717, 1.165) is 12.1 Å². The molecular formula is C10H12FNO3. The van der Waals surface area contributed by atoms with Gasteiger partial charge in [0.2, 0.25) is 0 Å². The third kappa shape index (κ3) is 2.24. The van der Waals surface area contributed by atoms with Crippen LogP contribution in [0, 0.1) is 5.82 Å². The topological polar surface area (TPSA) is 83.5 Å². The molecule has 0 aliphatic heterocycles. The van der Waals surface area contributed by atoms with Gasteiger partial charge in [0.25, 0.3) is 0 Å². The molecule has 0 spiro atoms. The van der Waals surface area contributed by atoms with Crippen molar-refractivity contribution in [2.45, 2.75) is 19.4 Å². The van der Waals surface area contributed by atoms with Gasteiger partial charge in [0.1, 0.15) is 5.82 Å². The molecule has 5 heteroatoms. The minimum absolute atomic E-state index is 0.0324. The highest BCUT2D eigenvalue weighted by Crippen LogP contribution is 2.28. The molecule has 1 aromatic rings. The van der Waals surface area contributed by atoms with Crippen LogP contribution in [0.1, 0.15) is 29.8 Å². The van der Waals surface area contributed by atoms with Gasteiger partial charge in [0, 0.05) is 11.3 Å². The van der Waals surface area contributed by atoms with Crippen molar-refractivity contribution in [3.8, 4) is 0 Å². The number of anilines is 1. The minimum Gasteiger partial charge on any atom is -0.478 e. The summed E-state index contributed by atoms with van der Waals surface area (Å²) in [6.45, 7) is 2.89. The number of aliphatic hydroxyl groups is 1. The van der Waals surface area contributed by atoms with E-state index in [9.17, 15) is 14.3 Å². The van der Waals surface area contributed by atoms with Gasteiger partial charge >= 0.3 is 5.97 Å². The fourth-order valence-corrected chi connectivity index (χ4v) is 1.28. The number of carboxylic acid groups (broad SMARTS) is 1. The highest BCUT2D eigenvalue weighted by Gasteiger charge is 2.23. The first kappa shape index (κ1) is 11.5. The number of carbonyl (C=O) groups is 1. The highest BCUT2D eigenvalue weighted by atomic mass is 19.1. The molecule has 0 aliphatic rings. The van der Waals surface area contributed by atoms with Crippen LogP contribution in [0.15, 0.2) is 12.1 Å². The van der Waals surface area contributed by atoms with Crippen LogP contribution in [0.2, 0.25) is 0 Å². The van der Waals surface area contributed by atoms with E-state index in [1.165, 1.54) is 13.8 Å². The average molecular weight is 213 g/mol. The molecule has 0 heterocycles. The first-order chi connectivity index (χ1) is 6.73. The maximum absolute atomic E-state index is 13.1. The van der Waals surface area contributed by atoms with E-state index < -0.39 is 23.0 Å². The minimum atomic E-state index is -1.39. The van der Waals surface area contributed by atoms with Crippen LogP contribution in [0.4, 0.5) is 10.1 Å². The summed E-state index contributed by atoms with van der Waals surface area (Å²) >= 11 is 0. The van der Waals surface area contributed by atoms with Gasteiger partial charge in [-0.25, -0.2) is 9.18 Å². The predicted molar refractivity (Wildman–Crippen MR) is 53.0 cm³/mol. The fraction of sp³-hybridized carbons (Fsp3) is 0.300. The largest absolute Gasteiger partial charge is 0.478 e. The van der Waals surface area contributed by atoms with E-state index in [4.69, 9.17) is 10.8 Å². The number of nitrogen functional groups attached to an aromatic ring is 1. The molecule has 0 saturated heterocycles. The van der Waals surface area contributed by atoms with Crippen LogP contribution in [0.3, 0.4) is 0 Å². The van der Waals surface area contributed by atoms with Crippen LogP contribution in [-0.2, 0) is 5.60 Å². The molecule has 0 aliphatic carbocycles. The van der Waals surface area contributed by atoms with Crippen molar-refractivity contribution in [1.29, 1.82) is 0 Å². The molecule has 0 amide bonds. The summed E-state index contributed by atoms with van der Waals surface area (Å²) in [5.74, 6) is -2.30. The number of halogens is 1. The Morgan fingerprint density at radius 2 is 2.00 bits per heavy atom. The predicted octanol–water partition coefficient (Wildman–Crippen LogP) is 1.33. The number of aromatic carboxylic acids is 1. The maximum Gasteiger partial charge on any atom is 0.338 e. The van der Waals surface area contributed by atoms with Gasteiger partial charge in [-0.1, -0.05) is 0 Å². The van der Waals surface area contributed by atoms with Gasteiger partial charge in [-0.05, 0) is 26.0 Å². The van der Waals surface area contributed by atoms with E-state index >= 15 is 0 Å². The highest BCUT2D eigenvalue weighted by molar-refractivity contribution is 5.89. The summed E-state index contributed by atoms with van der Waals surface area (Å²) in [5.41, 5.74) is 3.91. The van der Waals surface area contributed by atoms with Gasteiger partial charge in [0.05, 0.1) is 11.2 Å². The SMILES string of the molecule is CC(C)(O)c1cc(C(=O)O)c(F)cc1N. The monoisotopic (exact) mass is 213 g/mol. The van der Waals surface area contributed by atoms with Gasteiger partial charge in [-0.3, -0.25) is 0 Å². The molecule has 0 aromatic heterocycles. The molecule has 0 fully saturated rings. The van der Waals surface area contributed by atoms with Crippen LogP contribution in [0.25, 0.3) is 0 Å². The molecule has 0 radical (unpaired) electrons. The molecule has 15 heavy (non-hydrogen) atoms. The Bertz CT molecular complexity index is 410. The van der Waals surface area contributed by atoms with E-state index in [-0.39, 0.29) is 11.3 Å². The van der Waals surface area contributed by atoms with Crippen molar-refractivity contribution < 1.29 is 19.4 Å². The number of hydrogen-bond donors (Lipinski definition) is 3. The molecule has 82 valence electrons. The number of carboxylic acids is 1. The van der Waals surface area contributed by atoms with Gasteiger partial charge in [0.15, 0.2) is 0 Å². The summed E-state index contributed by atoms with van der Waals surface area (Å²) in [4.78, 5) is 10.6. The second-order valence-electron chi connectivity index (χ2n) is 3.78. The first-order valence-electron chi connectivity index (χ1n) is 4.28. The van der Waals surface area contributed by atoms with E-state index in [1.807, 2.05) is 0 Å². The Labute approximate surface area is 86.1 Å². The van der Waals surface area contributed by atoms with Crippen molar-refractivity contribution in [2.24, 2.45) is 0 Å². The summed E-state index contributed by atoms with van der Waals surface area (Å²) in [6.07, 6.45) is 0. The van der Waals surface area contributed by atoms with Crippen molar-refractivity contribution in [3.05, 3.63) is 29.1 Å². The Hall–Kier alpha value is -1.62. The number of rotatable bonds is 2. The molecule has 0 saturated carbocycles. The number of nitrogens with two attached hydrogens (primary N) is 1. The zero-order valence-electron chi connectivity index (χ0n) is 8.41. The van der Waals surface area contributed by atoms with Crippen LogP contribution < -0.4 is 5.73 Å². The first-order valence-corrected chi connectivity index (χ1v) is 4.28. The third-order valence-electron chi connectivity index (χ3n) is 2.03. The smallest absolute Gasteiger partial charge is 0.338 e. The Kier molecular flexibility index (Phi) is 2.68. The zero-order valence-corrected chi connectivity index (χ0v) is 8.41. The van der Waals surface area contributed by atoms with Crippen molar-refractivity contribution in [3.63, 3.8) is 0 Å². The zero-order chi connectivity index (χ0) is 11.8. The Morgan fingerprint density at radius 3 is 2.40 bits per heavy atom. The van der Waals surface area contributed by atoms with Crippen molar-refractivity contribution in [1.82, 2.24) is 0 Å². The van der Waals surface area contributed by atoms with Gasteiger partial charge in [-0.2, -0.15) is 0 Å². The van der Waals surface area contributed by atoms with Gasteiger partial charge < -0.3 is 15.9 Å². The standard InChI is InChI=1S/C10H12FNO3/c1-10(2,15)6-3-5(9(13)14)7(11)4-8(6)12/h3-4,15H,12H2,1-2H3,(H,13,14). The lowest BCUT2D eigenvalue weighted by molar-refractivity contribution is 0.0688. The summed E-state index contributed by atoms with van der Waals surface area (Å²) in [5, 5.41) is 18.4. The van der Waals surface area contributed by atoms with Gasteiger partial charge in [-0.15, -0.1) is 0 Å². The lowest BCUT2D eigenvalue weighted by atomic mass is 9.94. The van der Waals surface area contributed by atoms with Crippen LogP contribution in [-0.4, -0.2) is 16.2 Å². The molecule has 4 N–H and O–H groups in total. The summed E-state index contributed by atoms with van der Waals surface area (Å²) in [6, 6.07) is 1.95. The van der Waals surface area contributed by atoms with Crippen LogP contribution >= 0.6 is 0 Å². The molecule has 4 nitrogen and oxygen atoms in total. The Morgan fingerprint density at radius 1 is 1.47 bits per heavy atom. The number of hydrogen-bond acceptors (Lipinski definition) is 3. The van der Waals surface area contributed by atoms with E-state index in [1.54, 1.807) is 0 Å². The molecule has 0 bridgehead atoms. The van der Waals surface area contributed by atoms with Crippen LogP contribution in [0.5, 0.6) is 0 Å². The molecule has 1 rings (SSSR count). The number of benzene rings is 1. The van der Waals surface area contributed by atoms with E-state index in [0.29, 0.717) is 0 Å². The lowest BCUT2D eigenvalue weighted by Crippen LogP contribution is -2.19. The fourth-order valence-electron chi connectivity index (χ4n) is 1.28. The normalized spacial score (nSPS) is 11.5. The quantitative estimate of drug-likeness (QED) is 0.647. The molecule has 1 aromatic carbocycles. The van der Waals surface area contributed by atoms with Crippen molar-refractivity contribution in [2.75, 3.05) is 5.73 Å². The lowest BCUT2D eigenvalue weighted by Gasteiger charge is -2.20. The molecule has 0 unspecified atom stereocenters. The summed E-state index contributed by atoms with van der Waals surface area (Å²) in [7, 11) is 0. The van der Waals surface area contributed by atoms with Crippen molar-refractivity contribution >= 4 is 11.7 Å². The second kappa shape index (κ2) is 3.51. The Balaban J connectivity index is 3.43. The second-order valence-corrected chi connectivity index (χ2v) is 3.78.